The predicted octanol–water partition coefficient (Wildman–Crippen LogP) is 1.57. The molecule has 2 heterocycles. The van der Waals surface area contributed by atoms with Gasteiger partial charge in [-0.25, -0.2) is 4.98 Å². The molecule has 6 nitrogen and oxygen atoms in total. The van der Waals surface area contributed by atoms with Gasteiger partial charge in [0.1, 0.15) is 0 Å². The van der Waals surface area contributed by atoms with Crippen LogP contribution in [-0.2, 0) is 11.8 Å². The number of rotatable bonds is 4. The fraction of sp³-hybridized carbons (Fsp3) is 0.357. The van der Waals surface area contributed by atoms with Crippen molar-refractivity contribution in [3.63, 3.8) is 0 Å². The van der Waals surface area contributed by atoms with Gasteiger partial charge in [-0.15, -0.1) is 0 Å². The smallest absolute Gasteiger partial charge is 0.228 e. The topological polar surface area (TPSA) is 69.0 Å². The molecule has 0 radical (unpaired) electrons. The normalized spacial score (nSPS) is 20.5. The second-order valence-electron chi connectivity index (χ2n) is 4.97. The largest absolute Gasteiger partial charge is 0.481 e. The number of hydrogen-bond acceptors (Lipinski definition) is 4. The van der Waals surface area contributed by atoms with Gasteiger partial charge in [-0.1, -0.05) is 0 Å². The van der Waals surface area contributed by atoms with E-state index in [0.29, 0.717) is 11.6 Å². The van der Waals surface area contributed by atoms with Crippen LogP contribution in [0.3, 0.4) is 0 Å². The summed E-state index contributed by atoms with van der Waals surface area (Å²) in [4.78, 5) is 16.2. The van der Waals surface area contributed by atoms with Crippen LogP contribution in [0.4, 0.5) is 5.69 Å². The molecule has 1 fully saturated rings. The lowest BCUT2D eigenvalue weighted by Gasteiger charge is -2.05. The third-order valence-electron chi connectivity index (χ3n) is 3.49. The molecule has 3 rings (SSSR count). The van der Waals surface area contributed by atoms with E-state index >= 15 is 0 Å². The summed E-state index contributed by atoms with van der Waals surface area (Å²) in [6.07, 6.45) is 6.26. The summed E-state index contributed by atoms with van der Waals surface area (Å²) in [5.41, 5.74) is 1.81. The summed E-state index contributed by atoms with van der Waals surface area (Å²) in [6, 6.07) is 3.51. The van der Waals surface area contributed by atoms with Gasteiger partial charge >= 0.3 is 0 Å². The highest BCUT2D eigenvalue weighted by Crippen LogP contribution is 2.47. The van der Waals surface area contributed by atoms with E-state index in [1.807, 2.05) is 19.4 Å². The average molecular weight is 272 g/mol. The van der Waals surface area contributed by atoms with Crippen molar-refractivity contribution in [1.82, 2.24) is 14.8 Å². The van der Waals surface area contributed by atoms with Crippen LogP contribution in [0.2, 0.25) is 0 Å². The lowest BCUT2D eigenvalue weighted by molar-refractivity contribution is -0.117. The molecule has 0 saturated heterocycles. The molecule has 20 heavy (non-hydrogen) atoms. The predicted molar refractivity (Wildman–Crippen MR) is 73.5 cm³/mol. The van der Waals surface area contributed by atoms with Crippen LogP contribution in [-0.4, -0.2) is 27.8 Å². The van der Waals surface area contributed by atoms with Crippen molar-refractivity contribution in [2.24, 2.45) is 13.0 Å². The van der Waals surface area contributed by atoms with Crippen molar-refractivity contribution in [1.29, 1.82) is 0 Å². The second kappa shape index (κ2) is 4.96. The molecule has 2 aromatic rings. The molecule has 2 aromatic heterocycles. The fourth-order valence-electron chi connectivity index (χ4n) is 2.29. The Morgan fingerprint density at radius 2 is 2.30 bits per heavy atom. The minimum absolute atomic E-state index is 0.0290. The summed E-state index contributed by atoms with van der Waals surface area (Å²) in [7, 11) is 3.44. The summed E-state index contributed by atoms with van der Waals surface area (Å²) in [5, 5.41) is 7.01. The molecule has 0 bridgehead atoms. The van der Waals surface area contributed by atoms with Crippen LogP contribution in [0.5, 0.6) is 5.88 Å². The molecule has 2 atom stereocenters. The first-order valence-electron chi connectivity index (χ1n) is 6.47. The monoisotopic (exact) mass is 272 g/mol. The van der Waals surface area contributed by atoms with E-state index in [-0.39, 0.29) is 17.7 Å². The number of nitrogens with zero attached hydrogens (tertiary/aromatic N) is 3. The Morgan fingerprint density at radius 1 is 1.45 bits per heavy atom. The molecule has 1 saturated carbocycles. The quantitative estimate of drug-likeness (QED) is 0.917. The Hall–Kier alpha value is -2.37. The van der Waals surface area contributed by atoms with E-state index in [9.17, 15) is 4.79 Å². The van der Waals surface area contributed by atoms with Gasteiger partial charge in [0.15, 0.2) is 0 Å². The Morgan fingerprint density at radius 3 is 2.90 bits per heavy atom. The molecule has 0 unspecified atom stereocenters. The third kappa shape index (κ3) is 2.49. The van der Waals surface area contributed by atoms with Crippen LogP contribution >= 0.6 is 0 Å². The van der Waals surface area contributed by atoms with E-state index < -0.39 is 0 Å². The average Bonchev–Trinajstić information content (AvgIpc) is 3.15. The highest BCUT2D eigenvalue weighted by Gasteiger charge is 2.44. The van der Waals surface area contributed by atoms with Crippen molar-refractivity contribution in [3.8, 4) is 5.88 Å². The maximum absolute atomic E-state index is 12.1. The number of methoxy groups -OCH3 is 1. The van der Waals surface area contributed by atoms with E-state index in [1.54, 1.807) is 30.1 Å². The van der Waals surface area contributed by atoms with Gasteiger partial charge in [-0.05, 0) is 24.0 Å². The number of nitrogens with one attached hydrogen (secondary N) is 1. The summed E-state index contributed by atoms with van der Waals surface area (Å²) in [5.74, 6) is 0.879. The number of aromatic nitrogens is 3. The first-order valence-corrected chi connectivity index (χ1v) is 6.47. The van der Waals surface area contributed by atoms with Crippen LogP contribution < -0.4 is 10.1 Å². The van der Waals surface area contributed by atoms with Crippen LogP contribution in [0, 0.1) is 5.92 Å². The first-order chi connectivity index (χ1) is 9.67. The van der Waals surface area contributed by atoms with Gasteiger partial charge in [0.2, 0.25) is 11.8 Å². The molecule has 1 aliphatic carbocycles. The van der Waals surface area contributed by atoms with Gasteiger partial charge in [0.25, 0.3) is 0 Å². The lowest BCUT2D eigenvalue weighted by Crippen LogP contribution is -2.14. The van der Waals surface area contributed by atoms with Gasteiger partial charge in [-0.2, -0.15) is 5.10 Å². The van der Waals surface area contributed by atoms with Gasteiger partial charge in [0, 0.05) is 25.2 Å². The molecule has 104 valence electrons. The SMILES string of the molecule is COc1ccc(NC(=O)[C@H]2C[C@@H]2c2cnn(C)c2)cn1. The molecule has 0 aliphatic heterocycles. The Balaban J connectivity index is 1.60. The third-order valence-corrected chi connectivity index (χ3v) is 3.49. The van der Waals surface area contributed by atoms with E-state index in [0.717, 1.165) is 12.0 Å². The van der Waals surface area contributed by atoms with Crippen LogP contribution in [0.1, 0.15) is 17.9 Å². The molecule has 0 aromatic carbocycles. The zero-order valence-corrected chi connectivity index (χ0v) is 11.4. The number of carbonyl (C=O) groups is 1. The summed E-state index contributed by atoms with van der Waals surface area (Å²) >= 11 is 0. The molecule has 6 heteroatoms. The first kappa shape index (κ1) is 12.7. The highest BCUT2D eigenvalue weighted by atomic mass is 16.5. The number of hydrogen-bond donors (Lipinski definition) is 1. The standard InChI is InChI=1S/C14H16N4O2/c1-18-8-9(6-16-18)11-5-12(11)14(19)17-10-3-4-13(20-2)15-7-10/h3-4,6-8,11-12H,5H2,1-2H3,(H,17,19)/t11-,12+/m1/s1. The van der Waals surface area contributed by atoms with Gasteiger partial charge in [0.05, 0.1) is 25.2 Å². The molecular formula is C14H16N4O2. The number of carbonyl (C=O) groups excluding carboxylic acids is 1. The van der Waals surface area contributed by atoms with Crippen molar-refractivity contribution < 1.29 is 9.53 Å². The minimum Gasteiger partial charge on any atom is -0.481 e. The number of anilines is 1. The number of ether oxygens (including phenoxy) is 1. The van der Waals surface area contributed by atoms with Crippen molar-refractivity contribution in [2.45, 2.75) is 12.3 Å². The van der Waals surface area contributed by atoms with Gasteiger partial charge in [-0.3, -0.25) is 9.48 Å². The number of pyridine rings is 1. The van der Waals surface area contributed by atoms with E-state index in [1.165, 1.54) is 0 Å². The molecule has 1 aliphatic rings. The summed E-state index contributed by atoms with van der Waals surface area (Å²) in [6.45, 7) is 0. The summed E-state index contributed by atoms with van der Waals surface area (Å²) < 4.78 is 6.74. The van der Waals surface area contributed by atoms with Gasteiger partial charge < -0.3 is 10.1 Å². The minimum atomic E-state index is 0.0290. The maximum atomic E-state index is 12.1. The molecule has 1 N–H and O–H groups in total. The Kier molecular flexibility index (Phi) is 3.14. The van der Waals surface area contributed by atoms with E-state index in [4.69, 9.17) is 4.74 Å². The highest BCUT2D eigenvalue weighted by molar-refractivity contribution is 5.95. The fourth-order valence-corrected chi connectivity index (χ4v) is 2.29. The molecule has 1 amide bonds. The van der Waals surface area contributed by atoms with Crippen molar-refractivity contribution >= 4 is 11.6 Å². The van der Waals surface area contributed by atoms with Crippen molar-refractivity contribution in [3.05, 3.63) is 36.3 Å². The van der Waals surface area contributed by atoms with Crippen LogP contribution in [0.25, 0.3) is 0 Å². The second-order valence-corrected chi connectivity index (χ2v) is 4.97. The number of aryl methyl sites for hydroxylation is 1. The molecule has 0 spiro atoms. The van der Waals surface area contributed by atoms with E-state index in [2.05, 4.69) is 15.4 Å². The Labute approximate surface area is 116 Å². The molecular weight excluding hydrogens is 256 g/mol. The van der Waals surface area contributed by atoms with Crippen LogP contribution in [0.15, 0.2) is 30.7 Å². The number of amides is 1. The zero-order chi connectivity index (χ0) is 14.1. The Bertz CT molecular complexity index is 620. The zero-order valence-electron chi connectivity index (χ0n) is 11.4. The maximum Gasteiger partial charge on any atom is 0.228 e. The van der Waals surface area contributed by atoms with Crippen molar-refractivity contribution in [2.75, 3.05) is 12.4 Å². The lowest BCUT2D eigenvalue weighted by atomic mass is 10.2.